The molecule has 0 saturated carbocycles. The van der Waals surface area contributed by atoms with Gasteiger partial charge in [0.15, 0.2) is 0 Å². The number of rotatable bonds is 8. The van der Waals surface area contributed by atoms with Gasteiger partial charge in [-0.05, 0) is 43.0 Å². The van der Waals surface area contributed by atoms with Gasteiger partial charge < -0.3 is 10.0 Å². The summed E-state index contributed by atoms with van der Waals surface area (Å²) in [6.45, 7) is 3.72. The van der Waals surface area contributed by atoms with Crippen molar-refractivity contribution in [3.63, 3.8) is 0 Å². The Morgan fingerprint density at radius 2 is 1.52 bits per heavy atom. The number of aliphatic hydroxyl groups is 1. The summed E-state index contributed by atoms with van der Waals surface area (Å²) in [4.78, 5) is 12.4. The Kier molecular flexibility index (Phi) is 6.11. The Morgan fingerprint density at radius 3 is 1.96 bits per heavy atom. The van der Waals surface area contributed by atoms with E-state index in [0.29, 0.717) is 6.54 Å². The number of aliphatic hydroxyl groups excluding tert-OH is 1. The van der Waals surface area contributed by atoms with Crippen LogP contribution in [0.3, 0.4) is 0 Å². The maximum absolute atomic E-state index is 10.6. The highest BCUT2D eigenvalue weighted by Gasteiger charge is 2.05. The smallest absolute Gasteiger partial charge is 0.269 e. The lowest BCUT2D eigenvalue weighted by Gasteiger charge is -2.22. The van der Waals surface area contributed by atoms with Crippen molar-refractivity contribution >= 4 is 11.4 Å². The van der Waals surface area contributed by atoms with Crippen LogP contribution in [0.1, 0.15) is 18.1 Å². The standard InChI is InChI=1S/C18H22N2O3/c1-2-19(13-14-21)17-9-5-15(6-10-17)3-4-16-7-11-18(12-8-16)20(22)23/h5-12,21H,2-4,13-14H2,1H3. The Morgan fingerprint density at radius 1 is 1.00 bits per heavy atom. The van der Waals surface area contributed by atoms with Gasteiger partial charge in [0.05, 0.1) is 11.5 Å². The Bertz CT molecular complexity index is 624. The molecule has 23 heavy (non-hydrogen) atoms. The molecule has 0 saturated heterocycles. The van der Waals surface area contributed by atoms with Crippen LogP contribution in [-0.4, -0.2) is 29.7 Å². The minimum absolute atomic E-state index is 0.127. The van der Waals surface area contributed by atoms with Gasteiger partial charge in [0.1, 0.15) is 0 Å². The number of hydrogen-bond donors (Lipinski definition) is 1. The number of aryl methyl sites for hydroxylation is 2. The third kappa shape index (κ3) is 4.79. The fourth-order valence-electron chi connectivity index (χ4n) is 2.54. The summed E-state index contributed by atoms with van der Waals surface area (Å²) >= 11 is 0. The molecule has 0 bridgehead atoms. The van der Waals surface area contributed by atoms with Crippen molar-refractivity contribution in [2.75, 3.05) is 24.6 Å². The minimum atomic E-state index is -0.381. The van der Waals surface area contributed by atoms with Crippen LogP contribution in [0, 0.1) is 10.1 Å². The van der Waals surface area contributed by atoms with Crippen LogP contribution in [0.15, 0.2) is 48.5 Å². The molecule has 0 aliphatic carbocycles. The number of nitro groups is 1. The fourth-order valence-corrected chi connectivity index (χ4v) is 2.54. The molecule has 2 aromatic carbocycles. The van der Waals surface area contributed by atoms with E-state index in [1.165, 1.54) is 5.56 Å². The molecule has 0 radical (unpaired) electrons. The molecule has 5 heteroatoms. The zero-order valence-corrected chi connectivity index (χ0v) is 13.3. The Balaban J connectivity index is 1.94. The van der Waals surface area contributed by atoms with Crippen LogP contribution >= 0.6 is 0 Å². The topological polar surface area (TPSA) is 66.6 Å². The normalized spacial score (nSPS) is 10.5. The maximum atomic E-state index is 10.6. The number of likely N-dealkylation sites (N-methyl/N-ethyl adjacent to an activating group) is 1. The third-order valence-corrected chi connectivity index (χ3v) is 3.90. The quantitative estimate of drug-likeness (QED) is 0.600. The van der Waals surface area contributed by atoms with Crippen molar-refractivity contribution < 1.29 is 10.0 Å². The minimum Gasteiger partial charge on any atom is -0.395 e. The maximum Gasteiger partial charge on any atom is 0.269 e. The molecule has 1 N–H and O–H groups in total. The second-order valence-electron chi connectivity index (χ2n) is 5.39. The van der Waals surface area contributed by atoms with Crippen molar-refractivity contribution in [3.05, 3.63) is 69.8 Å². The zero-order chi connectivity index (χ0) is 16.7. The second kappa shape index (κ2) is 8.29. The van der Waals surface area contributed by atoms with Crippen molar-refractivity contribution in [1.82, 2.24) is 0 Å². The molecule has 0 spiro atoms. The van der Waals surface area contributed by atoms with E-state index >= 15 is 0 Å². The average Bonchev–Trinajstić information content (AvgIpc) is 2.59. The molecule has 0 heterocycles. The predicted octanol–water partition coefficient (Wildman–Crippen LogP) is 3.20. The van der Waals surface area contributed by atoms with Gasteiger partial charge >= 0.3 is 0 Å². The first-order valence-corrected chi connectivity index (χ1v) is 7.82. The largest absolute Gasteiger partial charge is 0.395 e. The van der Waals surface area contributed by atoms with Gasteiger partial charge in [-0.3, -0.25) is 10.1 Å². The summed E-state index contributed by atoms with van der Waals surface area (Å²) in [5.74, 6) is 0. The fraction of sp³-hybridized carbons (Fsp3) is 0.333. The molecular formula is C18H22N2O3. The summed E-state index contributed by atoms with van der Waals surface area (Å²) in [7, 11) is 0. The molecule has 0 fully saturated rings. The lowest BCUT2D eigenvalue weighted by molar-refractivity contribution is -0.384. The van der Waals surface area contributed by atoms with Gasteiger partial charge in [-0.2, -0.15) is 0 Å². The van der Waals surface area contributed by atoms with E-state index in [-0.39, 0.29) is 17.2 Å². The van der Waals surface area contributed by atoms with Gasteiger partial charge in [-0.25, -0.2) is 0 Å². The number of benzene rings is 2. The number of nitrogens with zero attached hydrogens (tertiary/aromatic N) is 2. The van der Waals surface area contributed by atoms with E-state index in [1.54, 1.807) is 12.1 Å². The van der Waals surface area contributed by atoms with Gasteiger partial charge in [-0.1, -0.05) is 24.3 Å². The first-order valence-electron chi connectivity index (χ1n) is 7.82. The van der Waals surface area contributed by atoms with Gasteiger partial charge in [-0.15, -0.1) is 0 Å². The summed E-state index contributed by atoms with van der Waals surface area (Å²) in [5, 5.41) is 19.7. The summed E-state index contributed by atoms with van der Waals surface area (Å²) in [5.41, 5.74) is 3.56. The molecule has 0 amide bonds. The van der Waals surface area contributed by atoms with Crippen molar-refractivity contribution in [3.8, 4) is 0 Å². The third-order valence-electron chi connectivity index (χ3n) is 3.90. The van der Waals surface area contributed by atoms with Gasteiger partial charge in [0.2, 0.25) is 0 Å². The van der Waals surface area contributed by atoms with Crippen LogP contribution in [0.25, 0.3) is 0 Å². The first-order chi connectivity index (χ1) is 11.1. The van der Waals surface area contributed by atoms with Crippen LogP contribution in [0.2, 0.25) is 0 Å². The number of nitro benzene ring substituents is 1. The van der Waals surface area contributed by atoms with Crippen molar-refractivity contribution in [1.29, 1.82) is 0 Å². The van der Waals surface area contributed by atoms with Crippen LogP contribution in [-0.2, 0) is 12.8 Å². The van der Waals surface area contributed by atoms with Crippen LogP contribution < -0.4 is 4.90 Å². The summed E-state index contributed by atoms with van der Waals surface area (Å²) in [6.07, 6.45) is 1.75. The van der Waals surface area contributed by atoms with Crippen molar-refractivity contribution in [2.24, 2.45) is 0 Å². The molecular weight excluding hydrogens is 292 g/mol. The highest BCUT2D eigenvalue weighted by molar-refractivity contribution is 5.47. The van der Waals surface area contributed by atoms with E-state index in [9.17, 15) is 10.1 Å². The van der Waals surface area contributed by atoms with Gasteiger partial charge in [0.25, 0.3) is 5.69 Å². The molecule has 0 unspecified atom stereocenters. The lowest BCUT2D eigenvalue weighted by Crippen LogP contribution is -2.25. The average molecular weight is 314 g/mol. The molecule has 0 aliphatic heterocycles. The van der Waals surface area contributed by atoms with Gasteiger partial charge in [0, 0.05) is 30.9 Å². The van der Waals surface area contributed by atoms with Crippen LogP contribution in [0.4, 0.5) is 11.4 Å². The van der Waals surface area contributed by atoms with E-state index < -0.39 is 0 Å². The monoisotopic (exact) mass is 314 g/mol. The Labute approximate surface area is 136 Å². The zero-order valence-electron chi connectivity index (χ0n) is 13.3. The molecule has 122 valence electrons. The second-order valence-corrected chi connectivity index (χ2v) is 5.39. The molecule has 5 nitrogen and oxygen atoms in total. The molecule has 0 atom stereocenters. The molecule has 0 aromatic heterocycles. The molecule has 2 aromatic rings. The molecule has 2 rings (SSSR count). The van der Waals surface area contributed by atoms with Crippen LogP contribution in [0.5, 0.6) is 0 Å². The lowest BCUT2D eigenvalue weighted by atomic mass is 10.0. The summed E-state index contributed by atoms with van der Waals surface area (Å²) < 4.78 is 0. The Hall–Kier alpha value is -2.40. The number of hydrogen-bond acceptors (Lipinski definition) is 4. The van der Waals surface area contributed by atoms with E-state index in [4.69, 9.17) is 5.11 Å². The number of anilines is 1. The molecule has 0 aliphatic rings. The van der Waals surface area contributed by atoms with E-state index in [2.05, 4.69) is 36.1 Å². The first kappa shape index (κ1) is 17.0. The summed E-state index contributed by atoms with van der Waals surface area (Å²) in [6, 6.07) is 15.1. The highest BCUT2D eigenvalue weighted by Crippen LogP contribution is 2.17. The van der Waals surface area contributed by atoms with E-state index in [0.717, 1.165) is 30.6 Å². The van der Waals surface area contributed by atoms with Crippen molar-refractivity contribution in [2.45, 2.75) is 19.8 Å². The predicted molar refractivity (Wildman–Crippen MR) is 91.9 cm³/mol. The highest BCUT2D eigenvalue weighted by atomic mass is 16.6. The van der Waals surface area contributed by atoms with E-state index in [1.807, 2.05) is 12.1 Å². The number of non-ortho nitro benzene ring substituents is 1. The SMILES string of the molecule is CCN(CCO)c1ccc(CCc2ccc([N+](=O)[O-])cc2)cc1.